The summed E-state index contributed by atoms with van der Waals surface area (Å²) >= 11 is 0. The van der Waals surface area contributed by atoms with Crippen LogP contribution in [0, 0.1) is 13.8 Å². The molecule has 0 saturated carbocycles. The van der Waals surface area contributed by atoms with Crippen LogP contribution in [0.3, 0.4) is 0 Å². The van der Waals surface area contributed by atoms with Crippen molar-refractivity contribution < 1.29 is 13.2 Å². The van der Waals surface area contributed by atoms with Crippen molar-refractivity contribution in [2.45, 2.75) is 33.2 Å². The Kier molecular flexibility index (Phi) is 8.37. The molecule has 0 spiro atoms. The van der Waals surface area contributed by atoms with Gasteiger partial charge in [0.2, 0.25) is 15.9 Å². The van der Waals surface area contributed by atoms with Crippen LogP contribution in [0.1, 0.15) is 29.5 Å². The summed E-state index contributed by atoms with van der Waals surface area (Å²) in [6.07, 6.45) is 1.93. The van der Waals surface area contributed by atoms with Crippen LogP contribution >= 0.6 is 0 Å². The lowest BCUT2D eigenvalue weighted by Crippen LogP contribution is -2.44. The maximum atomic E-state index is 12.3. The molecule has 33 heavy (non-hydrogen) atoms. The molecule has 0 radical (unpaired) electrons. The number of hydrogen-bond donors (Lipinski definition) is 1. The highest BCUT2D eigenvalue weighted by atomic mass is 32.2. The van der Waals surface area contributed by atoms with Gasteiger partial charge in [0.25, 0.3) is 0 Å². The second-order valence-electron chi connectivity index (χ2n) is 9.02. The summed E-state index contributed by atoms with van der Waals surface area (Å²) in [5.41, 5.74) is 4.93. The molecule has 1 heterocycles. The first-order valence-corrected chi connectivity index (χ1v) is 13.3. The summed E-state index contributed by atoms with van der Waals surface area (Å²) in [4.78, 5) is 17.1. The molecule has 2 aromatic rings. The number of nitrogens with zero attached hydrogens (tertiary/aromatic N) is 3. The topological polar surface area (TPSA) is 73.0 Å². The predicted molar refractivity (Wildman–Crippen MR) is 135 cm³/mol. The Hall–Kier alpha value is -2.58. The lowest BCUT2D eigenvalue weighted by Gasteiger charge is -2.34. The van der Waals surface area contributed by atoms with Crippen molar-refractivity contribution in [2.24, 2.45) is 0 Å². The van der Waals surface area contributed by atoms with Crippen LogP contribution in [0.25, 0.3) is 0 Å². The van der Waals surface area contributed by atoms with Gasteiger partial charge in [0.1, 0.15) is 0 Å². The number of piperazine rings is 1. The van der Waals surface area contributed by atoms with Gasteiger partial charge in [-0.25, -0.2) is 8.42 Å². The zero-order valence-corrected chi connectivity index (χ0v) is 21.0. The highest BCUT2D eigenvalue weighted by molar-refractivity contribution is 7.92. The van der Waals surface area contributed by atoms with Gasteiger partial charge in [-0.2, -0.15) is 0 Å². The molecule has 180 valence electrons. The molecule has 1 aliphatic rings. The Labute approximate surface area is 198 Å². The van der Waals surface area contributed by atoms with E-state index in [2.05, 4.69) is 46.4 Å². The zero-order valence-electron chi connectivity index (χ0n) is 20.2. The molecule has 7 nitrogen and oxygen atoms in total. The van der Waals surface area contributed by atoms with E-state index in [4.69, 9.17) is 0 Å². The van der Waals surface area contributed by atoms with Gasteiger partial charge in [-0.3, -0.25) is 9.10 Å². The smallest absolute Gasteiger partial charge is 0.232 e. The molecule has 1 N–H and O–H groups in total. The molecule has 3 rings (SSSR count). The monoisotopic (exact) mass is 472 g/mol. The standard InChI is InChI=1S/C25H36N4O3S/c1-20-16-21(2)18-24(17-20)29(33(4,31)32)11-5-6-25(30)26-19-22-7-9-23(10-8-22)28-14-12-27(3)13-15-28/h7-10,16-18H,5-6,11-15,19H2,1-4H3,(H,26,30). The molecule has 0 bridgehead atoms. The number of nitrogens with one attached hydrogen (secondary N) is 1. The van der Waals surface area contributed by atoms with Crippen LogP contribution in [0.15, 0.2) is 42.5 Å². The number of aryl methyl sites for hydroxylation is 2. The summed E-state index contributed by atoms with van der Waals surface area (Å²) in [5.74, 6) is -0.0768. The average Bonchev–Trinajstić information content (AvgIpc) is 2.74. The van der Waals surface area contributed by atoms with Gasteiger partial charge >= 0.3 is 0 Å². The fourth-order valence-corrected chi connectivity index (χ4v) is 5.09. The van der Waals surface area contributed by atoms with Crippen LogP contribution in [0.4, 0.5) is 11.4 Å². The SMILES string of the molecule is Cc1cc(C)cc(N(CCCC(=O)NCc2ccc(N3CCN(C)CC3)cc2)S(C)(=O)=O)c1. The van der Waals surface area contributed by atoms with Crippen molar-refractivity contribution in [3.05, 3.63) is 59.2 Å². The maximum absolute atomic E-state index is 12.3. The molecule has 0 aromatic heterocycles. The minimum atomic E-state index is -3.43. The summed E-state index contributed by atoms with van der Waals surface area (Å²) in [5, 5.41) is 2.95. The first-order valence-electron chi connectivity index (χ1n) is 11.5. The van der Waals surface area contributed by atoms with Crippen molar-refractivity contribution in [1.29, 1.82) is 0 Å². The maximum Gasteiger partial charge on any atom is 0.232 e. The predicted octanol–water partition coefficient (Wildman–Crippen LogP) is 2.92. The first kappa shape index (κ1) is 25.1. The van der Waals surface area contributed by atoms with E-state index < -0.39 is 10.0 Å². The van der Waals surface area contributed by atoms with Crippen LogP contribution < -0.4 is 14.5 Å². The molecule has 1 amide bonds. The van der Waals surface area contributed by atoms with Crippen LogP contribution in [-0.2, 0) is 21.4 Å². The Morgan fingerprint density at radius 3 is 2.18 bits per heavy atom. The van der Waals surface area contributed by atoms with Crippen molar-refractivity contribution >= 4 is 27.3 Å². The molecule has 1 saturated heterocycles. The molecule has 8 heteroatoms. The van der Waals surface area contributed by atoms with Gasteiger partial charge in [-0.1, -0.05) is 18.2 Å². The minimum absolute atomic E-state index is 0.0768. The molecule has 1 aliphatic heterocycles. The lowest BCUT2D eigenvalue weighted by molar-refractivity contribution is -0.121. The number of rotatable bonds is 9. The van der Waals surface area contributed by atoms with E-state index in [-0.39, 0.29) is 18.9 Å². The highest BCUT2D eigenvalue weighted by Crippen LogP contribution is 2.22. The van der Waals surface area contributed by atoms with Gasteiger partial charge in [0, 0.05) is 51.4 Å². The van der Waals surface area contributed by atoms with Crippen molar-refractivity contribution in [3.8, 4) is 0 Å². The quantitative estimate of drug-likeness (QED) is 0.608. The Balaban J connectivity index is 1.47. The fraction of sp³-hybridized carbons (Fsp3) is 0.480. The summed E-state index contributed by atoms with van der Waals surface area (Å²) in [6.45, 7) is 8.82. The molecule has 0 atom stereocenters. The second kappa shape index (κ2) is 11.0. The van der Waals surface area contributed by atoms with E-state index in [1.54, 1.807) is 0 Å². The Bertz CT molecular complexity index is 1030. The molecule has 2 aromatic carbocycles. The third kappa shape index (κ3) is 7.47. The van der Waals surface area contributed by atoms with Crippen molar-refractivity contribution in [3.63, 3.8) is 0 Å². The minimum Gasteiger partial charge on any atom is -0.369 e. The first-order chi connectivity index (χ1) is 15.6. The van der Waals surface area contributed by atoms with E-state index in [1.807, 2.05) is 32.0 Å². The van der Waals surface area contributed by atoms with Crippen LogP contribution in [-0.4, -0.2) is 65.3 Å². The average molecular weight is 473 g/mol. The number of carbonyl (C=O) groups excluding carboxylic acids is 1. The molecule has 1 fully saturated rings. The van der Waals surface area contributed by atoms with Gasteiger partial charge in [-0.05, 0) is 68.3 Å². The van der Waals surface area contributed by atoms with E-state index in [9.17, 15) is 13.2 Å². The number of carbonyl (C=O) groups is 1. The lowest BCUT2D eigenvalue weighted by atomic mass is 10.1. The third-order valence-corrected chi connectivity index (χ3v) is 7.15. The molecule has 0 unspecified atom stereocenters. The number of benzene rings is 2. The molecular formula is C25H36N4O3S. The van der Waals surface area contributed by atoms with E-state index >= 15 is 0 Å². The van der Waals surface area contributed by atoms with Crippen molar-refractivity contribution in [2.75, 3.05) is 55.2 Å². The summed E-state index contributed by atoms with van der Waals surface area (Å²) < 4.78 is 26.0. The normalized spacial score (nSPS) is 14.8. The van der Waals surface area contributed by atoms with E-state index in [0.29, 0.717) is 18.7 Å². The van der Waals surface area contributed by atoms with Gasteiger partial charge in [0.15, 0.2) is 0 Å². The second-order valence-corrected chi connectivity index (χ2v) is 10.9. The van der Waals surface area contributed by atoms with Crippen LogP contribution in [0.5, 0.6) is 0 Å². The van der Waals surface area contributed by atoms with E-state index in [0.717, 1.165) is 42.9 Å². The third-order valence-electron chi connectivity index (χ3n) is 5.95. The van der Waals surface area contributed by atoms with Gasteiger partial charge in [-0.15, -0.1) is 0 Å². The van der Waals surface area contributed by atoms with Crippen molar-refractivity contribution in [1.82, 2.24) is 10.2 Å². The Morgan fingerprint density at radius 1 is 1.00 bits per heavy atom. The molecule has 0 aliphatic carbocycles. The highest BCUT2D eigenvalue weighted by Gasteiger charge is 2.18. The number of anilines is 2. The fourth-order valence-electron chi connectivity index (χ4n) is 4.14. The number of hydrogen-bond acceptors (Lipinski definition) is 5. The summed E-state index contributed by atoms with van der Waals surface area (Å²) in [6, 6.07) is 14.1. The largest absolute Gasteiger partial charge is 0.369 e. The number of likely N-dealkylation sites (N-methyl/N-ethyl adjacent to an activating group) is 1. The van der Waals surface area contributed by atoms with Gasteiger partial charge < -0.3 is 15.1 Å². The zero-order chi connectivity index (χ0) is 24.0. The van der Waals surface area contributed by atoms with Gasteiger partial charge in [0.05, 0.1) is 11.9 Å². The summed E-state index contributed by atoms with van der Waals surface area (Å²) in [7, 11) is -1.28. The van der Waals surface area contributed by atoms with E-state index in [1.165, 1.54) is 16.2 Å². The number of amides is 1. The Morgan fingerprint density at radius 2 is 1.61 bits per heavy atom. The molecular weight excluding hydrogens is 436 g/mol. The number of sulfonamides is 1. The van der Waals surface area contributed by atoms with Crippen LogP contribution in [0.2, 0.25) is 0 Å².